The lowest BCUT2D eigenvalue weighted by Gasteiger charge is -2.06. The van der Waals surface area contributed by atoms with Gasteiger partial charge < -0.3 is 9.84 Å². The van der Waals surface area contributed by atoms with Crippen molar-refractivity contribution in [1.82, 2.24) is 9.97 Å². The lowest BCUT2D eigenvalue weighted by molar-refractivity contribution is 0.0695. The summed E-state index contributed by atoms with van der Waals surface area (Å²) in [6.07, 6.45) is 1.44. The third kappa shape index (κ3) is 3.41. The zero-order valence-corrected chi connectivity index (χ0v) is 13.3. The van der Waals surface area contributed by atoms with Gasteiger partial charge in [0.15, 0.2) is 0 Å². The minimum absolute atomic E-state index is 0.173. The molecule has 1 heterocycles. The van der Waals surface area contributed by atoms with E-state index in [1.807, 2.05) is 0 Å². The van der Waals surface area contributed by atoms with Crippen LogP contribution in [-0.4, -0.2) is 28.2 Å². The fourth-order valence-corrected chi connectivity index (χ4v) is 2.78. The first-order valence-electron chi connectivity index (χ1n) is 5.28. The number of hydrogen-bond donors (Lipinski definition) is 1. The van der Waals surface area contributed by atoms with Crippen LogP contribution in [-0.2, 0) is 0 Å². The molecule has 1 aromatic carbocycles. The highest BCUT2D eigenvalue weighted by Crippen LogP contribution is 2.34. The van der Waals surface area contributed by atoms with Gasteiger partial charge >= 0.3 is 12.0 Å². The zero-order valence-electron chi connectivity index (χ0n) is 10.1. The summed E-state index contributed by atoms with van der Waals surface area (Å²) < 4.78 is 5.45. The fourth-order valence-electron chi connectivity index (χ4n) is 1.35. The molecule has 1 N–H and O–H groups in total. The molecule has 0 spiro atoms. The van der Waals surface area contributed by atoms with E-state index in [-0.39, 0.29) is 11.6 Å². The molecular weight excluding hydrogens is 368 g/mol. The minimum atomic E-state index is -1.01. The molecule has 104 valence electrons. The molecule has 2 aromatic rings. The quantitative estimate of drug-likeness (QED) is 0.821. The predicted octanol–water partition coefficient (Wildman–Crippen LogP) is 3.75. The van der Waals surface area contributed by atoms with Crippen LogP contribution in [0.2, 0.25) is 5.02 Å². The number of ether oxygens (including phenoxy) is 1. The predicted molar refractivity (Wildman–Crippen MR) is 78.8 cm³/mol. The van der Waals surface area contributed by atoms with Gasteiger partial charge in [0.05, 0.1) is 23.9 Å². The number of aromatic carboxylic acids is 1. The van der Waals surface area contributed by atoms with Crippen LogP contribution in [0.25, 0.3) is 0 Å². The lowest BCUT2D eigenvalue weighted by Crippen LogP contribution is -1.98. The first-order chi connectivity index (χ1) is 9.51. The molecule has 0 radical (unpaired) electrons. The molecule has 0 bridgehead atoms. The Hall–Kier alpha value is -1.31. The molecule has 0 saturated carbocycles. The van der Waals surface area contributed by atoms with Crippen molar-refractivity contribution in [2.45, 2.75) is 9.92 Å². The van der Waals surface area contributed by atoms with Gasteiger partial charge in [-0.25, -0.2) is 9.78 Å². The number of carboxylic acids is 1. The Morgan fingerprint density at radius 3 is 2.90 bits per heavy atom. The van der Waals surface area contributed by atoms with Crippen LogP contribution in [0.3, 0.4) is 0 Å². The molecular formula is C12H8BrClN2O3S. The second-order valence-electron chi connectivity index (χ2n) is 3.56. The molecule has 0 amide bonds. The Bertz CT molecular complexity index is 669. The second kappa shape index (κ2) is 6.43. The van der Waals surface area contributed by atoms with Gasteiger partial charge in [-0.3, -0.25) is 0 Å². The fraction of sp³-hybridized carbons (Fsp3) is 0.0833. The van der Waals surface area contributed by atoms with E-state index in [0.29, 0.717) is 19.4 Å². The molecule has 0 unspecified atom stereocenters. The summed E-state index contributed by atoms with van der Waals surface area (Å²) in [5.41, 5.74) is 0.173. The van der Waals surface area contributed by atoms with Gasteiger partial charge in [0.25, 0.3) is 0 Å². The Morgan fingerprint density at radius 2 is 2.25 bits per heavy atom. The molecule has 20 heavy (non-hydrogen) atoms. The maximum Gasteiger partial charge on any atom is 0.336 e. The van der Waals surface area contributed by atoms with Crippen LogP contribution in [0.5, 0.6) is 6.01 Å². The highest BCUT2D eigenvalue weighted by molar-refractivity contribution is 9.10. The molecule has 1 aromatic heterocycles. The number of halogens is 2. The van der Waals surface area contributed by atoms with E-state index in [0.717, 1.165) is 0 Å². The van der Waals surface area contributed by atoms with Gasteiger partial charge in [-0.1, -0.05) is 23.4 Å². The van der Waals surface area contributed by atoms with Gasteiger partial charge in [-0.05, 0) is 34.1 Å². The van der Waals surface area contributed by atoms with E-state index < -0.39 is 5.97 Å². The number of methoxy groups -OCH3 is 1. The summed E-state index contributed by atoms with van der Waals surface area (Å²) in [7, 11) is 1.46. The number of carboxylic acid groups (broad SMARTS) is 1. The average Bonchev–Trinajstić information content (AvgIpc) is 2.43. The molecule has 5 nitrogen and oxygen atoms in total. The molecule has 0 saturated heterocycles. The van der Waals surface area contributed by atoms with E-state index in [4.69, 9.17) is 21.4 Å². The van der Waals surface area contributed by atoms with E-state index in [1.54, 1.807) is 18.2 Å². The third-order valence-electron chi connectivity index (χ3n) is 2.26. The van der Waals surface area contributed by atoms with Gasteiger partial charge in [0.2, 0.25) is 0 Å². The van der Waals surface area contributed by atoms with Crippen LogP contribution in [0.4, 0.5) is 0 Å². The van der Waals surface area contributed by atoms with Crippen molar-refractivity contribution < 1.29 is 14.6 Å². The van der Waals surface area contributed by atoms with Gasteiger partial charge in [0, 0.05) is 9.37 Å². The number of carbonyl (C=O) groups is 1. The molecule has 0 fully saturated rings. The van der Waals surface area contributed by atoms with Crippen molar-refractivity contribution in [2.24, 2.45) is 0 Å². The summed E-state index contributed by atoms with van der Waals surface area (Å²) in [6, 6.07) is 5.18. The van der Waals surface area contributed by atoms with Crippen LogP contribution in [0.15, 0.2) is 38.8 Å². The lowest BCUT2D eigenvalue weighted by atomic mass is 10.2. The first kappa shape index (κ1) is 15.1. The monoisotopic (exact) mass is 374 g/mol. The highest BCUT2D eigenvalue weighted by Gasteiger charge is 2.12. The van der Waals surface area contributed by atoms with Crippen LogP contribution in [0.1, 0.15) is 10.4 Å². The average molecular weight is 376 g/mol. The van der Waals surface area contributed by atoms with Crippen molar-refractivity contribution in [3.05, 3.63) is 39.5 Å². The van der Waals surface area contributed by atoms with Crippen LogP contribution >= 0.6 is 39.3 Å². The van der Waals surface area contributed by atoms with Gasteiger partial charge in [-0.15, -0.1) is 0 Å². The number of aromatic nitrogens is 2. The molecule has 0 aliphatic rings. The van der Waals surface area contributed by atoms with Crippen molar-refractivity contribution in [1.29, 1.82) is 0 Å². The number of nitrogens with zero attached hydrogens (tertiary/aromatic N) is 2. The molecule has 8 heteroatoms. The molecule has 0 aliphatic heterocycles. The Morgan fingerprint density at radius 1 is 1.50 bits per heavy atom. The van der Waals surface area contributed by atoms with Crippen LogP contribution < -0.4 is 4.74 Å². The minimum Gasteiger partial charge on any atom is -0.478 e. The Balaban J connectivity index is 2.35. The second-order valence-corrected chi connectivity index (χ2v) is 5.88. The summed E-state index contributed by atoms with van der Waals surface area (Å²) in [5, 5.41) is 9.95. The van der Waals surface area contributed by atoms with Crippen molar-refractivity contribution in [3.63, 3.8) is 0 Å². The Kier molecular flexibility index (Phi) is 4.85. The molecule has 0 aliphatic carbocycles. The first-order valence-corrected chi connectivity index (χ1v) is 7.27. The number of hydrogen-bond acceptors (Lipinski definition) is 5. The highest BCUT2D eigenvalue weighted by atomic mass is 79.9. The van der Waals surface area contributed by atoms with E-state index >= 15 is 0 Å². The normalized spacial score (nSPS) is 10.3. The summed E-state index contributed by atoms with van der Waals surface area (Å²) in [4.78, 5) is 19.8. The standard InChI is InChI=1S/C12H8BrClN2O3S/c1-19-12-15-5-9(14)10(16-12)20-6-2-3-8(13)7(4-6)11(17)18/h2-5H,1H3,(H,17,18). The van der Waals surface area contributed by atoms with E-state index in [9.17, 15) is 4.79 Å². The SMILES string of the molecule is COc1ncc(Cl)c(Sc2ccc(Br)c(C(=O)O)c2)n1. The van der Waals surface area contributed by atoms with Crippen molar-refractivity contribution in [2.75, 3.05) is 7.11 Å². The number of rotatable bonds is 4. The van der Waals surface area contributed by atoms with Crippen molar-refractivity contribution in [3.8, 4) is 6.01 Å². The van der Waals surface area contributed by atoms with Gasteiger partial charge in [0.1, 0.15) is 5.03 Å². The third-order valence-corrected chi connectivity index (χ3v) is 4.33. The number of benzene rings is 1. The smallest absolute Gasteiger partial charge is 0.336 e. The summed E-state index contributed by atoms with van der Waals surface area (Å²) >= 11 is 10.4. The van der Waals surface area contributed by atoms with Crippen LogP contribution in [0, 0.1) is 0 Å². The zero-order chi connectivity index (χ0) is 14.7. The maximum atomic E-state index is 11.1. The maximum absolute atomic E-state index is 11.1. The van der Waals surface area contributed by atoms with E-state index in [2.05, 4.69) is 25.9 Å². The molecule has 0 atom stereocenters. The topological polar surface area (TPSA) is 72.3 Å². The Labute approximate surface area is 132 Å². The van der Waals surface area contributed by atoms with Gasteiger partial charge in [-0.2, -0.15) is 4.98 Å². The van der Waals surface area contributed by atoms with Crippen molar-refractivity contribution >= 4 is 45.3 Å². The molecule has 2 rings (SSSR count). The van der Waals surface area contributed by atoms with E-state index in [1.165, 1.54) is 25.1 Å². The summed E-state index contributed by atoms with van der Waals surface area (Å²) in [5.74, 6) is -1.01. The largest absolute Gasteiger partial charge is 0.478 e. The summed E-state index contributed by atoms with van der Waals surface area (Å²) in [6.45, 7) is 0.